The van der Waals surface area contributed by atoms with Crippen LogP contribution in [0, 0.1) is 0 Å². The number of rotatable bonds is 1. The second-order valence-electron chi connectivity index (χ2n) is 5.21. The van der Waals surface area contributed by atoms with Gasteiger partial charge in [0.05, 0.1) is 5.56 Å². The molecule has 0 fully saturated rings. The normalized spacial score (nSPS) is 16.2. The Labute approximate surface area is 120 Å². The molecule has 0 radical (unpaired) electrons. The molecule has 21 heavy (non-hydrogen) atoms. The number of fused-ring (bicyclic) bond motifs is 1. The van der Waals surface area contributed by atoms with Gasteiger partial charge in [-0.2, -0.15) is 13.2 Å². The zero-order chi connectivity index (χ0) is 15.0. The van der Waals surface area contributed by atoms with E-state index in [4.69, 9.17) is 5.73 Å². The van der Waals surface area contributed by atoms with Crippen LogP contribution in [0.2, 0.25) is 0 Å². The average molecular weight is 289 g/mol. The summed E-state index contributed by atoms with van der Waals surface area (Å²) >= 11 is 0. The maximum absolute atomic E-state index is 12.7. The van der Waals surface area contributed by atoms with Gasteiger partial charge in [0.2, 0.25) is 0 Å². The van der Waals surface area contributed by atoms with Gasteiger partial charge in [0.1, 0.15) is 0 Å². The Hall–Kier alpha value is -2.23. The first-order chi connectivity index (χ1) is 9.93. The first-order valence-electron chi connectivity index (χ1n) is 6.70. The van der Waals surface area contributed by atoms with Crippen LogP contribution >= 0.6 is 0 Å². The third-order valence-corrected chi connectivity index (χ3v) is 3.69. The molecule has 0 spiro atoms. The molecule has 0 heterocycles. The van der Waals surface area contributed by atoms with Gasteiger partial charge in [-0.15, -0.1) is 0 Å². The van der Waals surface area contributed by atoms with Crippen molar-refractivity contribution in [3.63, 3.8) is 0 Å². The Kier molecular flexibility index (Phi) is 3.24. The molecule has 2 aromatic carbocycles. The van der Waals surface area contributed by atoms with Crippen molar-refractivity contribution in [1.82, 2.24) is 0 Å². The lowest BCUT2D eigenvalue weighted by atomic mass is 10.0. The molecule has 0 aromatic heterocycles. The number of hydrogen-bond acceptors (Lipinski definition) is 1. The highest BCUT2D eigenvalue weighted by Crippen LogP contribution is 2.35. The summed E-state index contributed by atoms with van der Waals surface area (Å²) in [5.41, 5.74) is 9.73. The summed E-state index contributed by atoms with van der Waals surface area (Å²) < 4.78 is 38.2. The Balaban J connectivity index is 1.98. The van der Waals surface area contributed by atoms with Crippen molar-refractivity contribution >= 4 is 17.3 Å². The number of halogens is 3. The van der Waals surface area contributed by atoms with Crippen molar-refractivity contribution in [2.45, 2.75) is 19.0 Å². The molecule has 0 saturated heterocycles. The number of allylic oxidation sites excluding steroid dienone is 1. The molecular formula is C17H14F3N. The fourth-order valence-electron chi connectivity index (χ4n) is 2.69. The lowest BCUT2D eigenvalue weighted by molar-refractivity contribution is -0.137. The third-order valence-electron chi connectivity index (χ3n) is 3.69. The first kappa shape index (κ1) is 13.7. The van der Waals surface area contributed by atoms with Gasteiger partial charge in [-0.05, 0) is 59.4 Å². The number of nitrogen functional groups attached to an aromatic ring is 1. The molecule has 0 atom stereocenters. The van der Waals surface area contributed by atoms with E-state index >= 15 is 0 Å². The molecule has 2 aromatic rings. The zero-order valence-corrected chi connectivity index (χ0v) is 11.2. The van der Waals surface area contributed by atoms with Gasteiger partial charge < -0.3 is 5.73 Å². The van der Waals surface area contributed by atoms with Crippen molar-refractivity contribution < 1.29 is 13.2 Å². The van der Waals surface area contributed by atoms with Crippen molar-refractivity contribution in [3.05, 3.63) is 64.7 Å². The van der Waals surface area contributed by atoms with Crippen molar-refractivity contribution in [3.8, 4) is 0 Å². The van der Waals surface area contributed by atoms with E-state index < -0.39 is 11.7 Å². The molecule has 0 unspecified atom stereocenters. The third kappa shape index (κ3) is 2.79. The van der Waals surface area contributed by atoms with Crippen LogP contribution in [0.15, 0.2) is 42.5 Å². The van der Waals surface area contributed by atoms with Crippen LogP contribution < -0.4 is 5.73 Å². The van der Waals surface area contributed by atoms with Crippen LogP contribution in [-0.2, 0) is 12.6 Å². The van der Waals surface area contributed by atoms with Crippen LogP contribution in [0.4, 0.5) is 18.9 Å². The minimum absolute atomic E-state index is 0.574. The SMILES string of the molecule is Nc1ccc2c(c1)CCC2=Cc1cccc(C(F)(F)F)c1. The van der Waals surface area contributed by atoms with Gasteiger partial charge in [0, 0.05) is 5.69 Å². The molecule has 4 heteroatoms. The maximum atomic E-state index is 12.7. The van der Waals surface area contributed by atoms with Crippen molar-refractivity contribution in [1.29, 1.82) is 0 Å². The molecular weight excluding hydrogens is 275 g/mol. The predicted octanol–water partition coefficient (Wildman–Crippen LogP) is 4.77. The summed E-state index contributed by atoms with van der Waals surface area (Å²) in [6.07, 6.45) is -0.770. The van der Waals surface area contributed by atoms with E-state index in [1.807, 2.05) is 24.3 Å². The summed E-state index contributed by atoms with van der Waals surface area (Å²) in [5, 5.41) is 0. The highest BCUT2D eigenvalue weighted by atomic mass is 19.4. The van der Waals surface area contributed by atoms with E-state index in [1.165, 1.54) is 12.1 Å². The Morgan fingerprint density at radius 1 is 1.00 bits per heavy atom. The van der Waals surface area contributed by atoms with Crippen molar-refractivity contribution in [2.24, 2.45) is 0 Å². The van der Waals surface area contributed by atoms with E-state index in [9.17, 15) is 13.2 Å². The summed E-state index contributed by atoms with van der Waals surface area (Å²) in [4.78, 5) is 0. The van der Waals surface area contributed by atoms with E-state index in [0.717, 1.165) is 35.6 Å². The average Bonchev–Trinajstić information content (AvgIpc) is 2.80. The molecule has 0 bridgehead atoms. The van der Waals surface area contributed by atoms with Crippen molar-refractivity contribution in [2.75, 3.05) is 5.73 Å². The zero-order valence-electron chi connectivity index (χ0n) is 11.2. The molecule has 1 nitrogen and oxygen atoms in total. The highest BCUT2D eigenvalue weighted by molar-refractivity contribution is 5.86. The van der Waals surface area contributed by atoms with Gasteiger partial charge in [-0.25, -0.2) is 0 Å². The Morgan fingerprint density at radius 3 is 2.57 bits per heavy atom. The standard InChI is InChI=1S/C17H14F3N/c18-17(19,20)14-3-1-2-11(9-14)8-12-4-5-13-10-15(21)6-7-16(12)13/h1-3,6-10H,4-5,21H2. The summed E-state index contributed by atoms with van der Waals surface area (Å²) in [5.74, 6) is 0. The molecule has 1 aliphatic rings. The number of benzene rings is 2. The number of hydrogen-bond donors (Lipinski definition) is 1. The van der Waals surface area contributed by atoms with Gasteiger partial charge in [0.15, 0.2) is 0 Å². The quantitative estimate of drug-likeness (QED) is 0.752. The Morgan fingerprint density at radius 2 is 1.81 bits per heavy atom. The van der Waals surface area contributed by atoms with Crippen LogP contribution in [0.25, 0.3) is 11.6 Å². The van der Waals surface area contributed by atoms with E-state index in [1.54, 1.807) is 6.07 Å². The van der Waals surface area contributed by atoms with Crippen LogP contribution in [-0.4, -0.2) is 0 Å². The number of aryl methyl sites for hydroxylation is 1. The summed E-state index contributed by atoms with van der Waals surface area (Å²) in [6.45, 7) is 0. The predicted molar refractivity (Wildman–Crippen MR) is 78.5 cm³/mol. The summed E-state index contributed by atoms with van der Waals surface area (Å²) in [6, 6.07) is 11.1. The molecule has 1 aliphatic carbocycles. The number of nitrogens with two attached hydrogens (primary N) is 1. The maximum Gasteiger partial charge on any atom is 0.416 e. The lowest BCUT2D eigenvalue weighted by Crippen LogP contribution is -2.04. The van der Waals surface area contributed by atoms with E-state index in [2.05, 4.69) is 0 Å². The van der Waals surface area contributed by atoms with Gasteiger partial charge in [0.25, 0.3) is 0 Å². The number of anilines is 1. The second-order valence-corrected chi connectivity index (χ2v) is 5.21. The van der Waals surface area contributed by atoms with Crippen LogP contribution in [0.1, 0.15) is 28.7 Å². The molecule has 0 amide bonds. The first-order valence-corrected chi connectivity index (χ1v) is 6.70. The topological polar surface area (TPSA) is 26.0 Å². The Bertz CT molecular complexity index is 714. The van der Waals surface area contributed by atoms with Gasteiger partial charge >= 0.3 is 6.18 Å². The fraction of sp³-hybridized carbons (Fsp3) is 0.176. The molecule has 108 valence electrons. The minimum Gasteiger partial charge on any atom is -0.399 e. The fourth-order valence-corrected chi connectivity index (χ4v) is 2.69. The molecule has 2 N–H and O–H groups in total. The summed E-state index contributed by atoms with van der Waals surface area (Å²) in [7, 11) is 0. The molecule has 3 rings (SSSR count). The monoisotopic (exact) mass is 289 g/mol. The highest BCUT2D eigenvalue weighted by Gasteiger charge is 2.30. The number of alkyl halides is 3. The molecule has 0 saturated carbocycles. The van der Waals surface area contributed by atoms with Crippen LogP contribution in [0.3, 0.4) is 0 Å². The van der Waals surface area contributed by atoms with Crippen LogP contribution in [0.5, 0.6) is 0 Å². The second kappa shape index (κ2) is 4.95. The van der Waals surface area contributed by atoms with E-state index in [0.29, 0.717) is 11.3 Å². The van der Waals surface area contributed by atoms with E-state index in [-0.39, 0.29) is 0 Å². The lowest BCUT2D eigenvalue weighted by Gasteiger charge is -2.08. The largest absolute Gasteiger partial charge is 0.416 e. The smallest absolute Gasteiger partial charge is 0.399 e. The van der Waals surface area contributed by atoms with Gasteiger partial charge in [-0.3, -0.25) is 0 Å². The molecule has 0 aliphatic heterocycles. The minimum atomic E-state index is -4.31. The van der Waals surface area contributed by atoms with Gasteiger partial charge in [-0.1, -0.05) is 24.3 Å².